The minimum atomic E-state index is -3.61. The molecule has 9 aromatic rings. The molecule has 0 saturated carbocycles. The number of benzene rings is 6. The highest BCUT2D eigenvalue weighted by molar-refractivity contribution is 7.92. The molecule has 1 unspecified atom stereocenters. The fourth-order valence-corrected chi connectivity index (χ4v) is 21.4. The summed E-state index contributed by atoms with van der Waals surface area (Å²) in [5, 5.41) is 26.6. The predicted octanol–water partition coefficient (Wildman–Crippen LogP) is 17.8. The van der Waals surface area contributed by atoms with Crippen molar-refractivity contribution in [1.29, 1.82) is 0 Å². The highest BCUT2D eigenvalue weighted by Gasteiger charge is 2.49. The van der Waals surface area contributed by atoms with Gasteiger partial charge in [-0.1, -0.05) is 93.5 Å². The van der Waals surface area contributed by atoms with E-state index < -0.39 is 57.2 Å². The molecule has 0 aliphatic carbocycles. The van der Waals surface area contributed by atoms with Gasteiger partial charge in [-0.05, 0) is 241 Å². The number of carbonyl (C=O) groups is 5. The van der Waals surface area contributed by atoms with Crippen LogP contribution in [-0.4, -0.2) is 235 Å². The number of amides is 5. The van der Waals surface area contributed by atoms with Crippen molar-refractivity contribution in [2.24, 2.45) is 5.73 Å². The number of imide groups is 1. The molecule has 2 atom stereocenters. The van der Waals surface area contributed by atoms with E-state index in [2.05, 4.69) is 106 Å². The van der Waals surface area contributed by atoms with Crippen molar-refractivity contribution < 1.29 is 68.5 Å². The number of halogens is 3. The summed E-state index contributed by atoms with van der Waals surface area (Å²) in [4.78, 5) is 105. The van der Waals surface area contributed by atoms with Crippen molar-refractivity contribution in [1.82, 2.24) is 59.3 Å². The van der Waals surface area contributed by atoms with Crippen molar-refractivity contribution in [2.75, 3.05) is 78.8 Å². The fourth-order valence-electron chi connectivity index (χ4n) is 17.4. The molecule has 3 aromatic heterocycles. The van der Waals surface area contributed by atoms with Gasteiger partial charge in [0.15, 0.2) is 47.0 Å². The van der Waals surface area contributed by atoms with E-state index in [4.69, 9.17) is 54.7 Å². The lowest BCUT2D eigenvalue weighted by Gasteiger charge is -2.55. The van der Waals surface area contributed by atoms with Gasteiger partial charge in [-0.2, -0.15) is 15.0 Å². The number of nitrogens with one attached hydrogen (secondary N) is 6. The number of nitrogens with two attached hydrogens (primary N) is 1. The molecule has 9 N–H and O–H groups in total. The maximum absolute atomic E-state index is 13.9. The molecule has 9 heterocycles. The second-order valence-corrected chi connectivity index (χ2v) is 45.9. The van der Waals surface area contributed by atoms with Crippen LogP contribution in [0.1, 0.15) is 218 Å². The molecule has 40 heteroatoms. The number of hydrogen-bond acceptors (Lipinski definition) is 30. The molecule has 5 amide bonds. The van der Waals surface area contributed by atoms with Crippen LogP contribution in [-0.2, 0) is 47.4 Å². The van der Waals surface area contributed by atoms with Gasteiger partial charge in [0.1, 0.15) is 32.3 Å². The zero-order chi connectivity index (χ0) is 98.2. The minimum absolute atomic E-state index is 0. The molecule has 6 aliphatic heterocycles. The van der Waals surface area contributed by atoms with Crippen molar-refractivity contribution >= 4 is 163 Å². The third kappa shape index (κ3) is 23.8. The minimum Gasteiger partial charge on any atom is -0.489 e. The molecule has 6 aromatic carbocycles. The van der Waals surface area contributed by atoms with Gasteiger partial charge in [0.25, 0.3) is 23.6 Å². The Labute approximate surface area is 825 Å². The molecule has 0 radical (unpaired) electrons. The maximum Gasteiger partial charge on any atom is 0.261 e. The Morgan fingerprint density at radius 2 is 0.804 bits per heavy atom. The first kappa shape index (κ1) is 109. The van der Waals surface area contributed by atoms with Crippen LogP contribution in [0.3, 0.4) is 0 Å². The SMILES string of the molecule is C.C.C.CC(C)Oc1cc2c(cc1Nc1ncc(Cl)c(Nc3ccccc3S(=O)(=O)C(C)C)n1)C(=O)N(C1CC(C)(C)N(C)C(C)(C)C1)C2.CC(C)Oc1cc2c(cc1Nc1ncc(Cl)c(Nc3ccccc3S(=O)(=O)C(C)C)n1)C(=O)N(C1CCN(CCO)CC1)C2=O.CC(C)Oc1cc2c(cc1Nc1ncc(Cl)c(Nc3ccccc3S(=O)(=O)C(C)C)n1)C(=O)N(C1C[C@@H](C(N)=O)N(C)C1)C2. The number of aliphatic hydroxyl groups is 1. The summed E-state index contributed by atoms with van der Waals surface area (Å²) in [5.41, 5.74) is 11.2. The number of ether oxygens (including phenoxy) is 3. The van der Waals surface area contributed by atoms with E-state index in [1.807, 2.05) is 76.6 Å². The van der Waals surface area contributed by atoms with Gasteiger partial charge >= 0.3 is 0 Å². The summed E-state index contributed by atoms with van der Waals surface area (Å²) in [7, 11) is -6.78. The van der Waals surface area contributed by atoms with Crippen molar-refractivity contribution in [3.05, 3.63) is 176 Å². The summed E-state index contributed by atoms with van der Waals surface area (Å²) in [6.07, 6.45) is 7.16. The number of nitrogens with zero attached hydrogens (tertiary/aromatic N) is 12. The van der Waals surface area contributed by atoms with Gasteiger partial charge in [0.05, 0.1) is 125 Å². The number of β-amino-alcohol motifs (C(OH)–C–C–N with tert-alkyl or cyclic N) is 1. The van der Waals surface area contributed by atoms with E-state index in [1.54, 1.807) is 125 Å². The van der Waals surface area contributed by atoms with Crippen molar-refractivity contribution in [3.8, 4) is 17.2 Å². The highest BCUT2D eigenvalue weighted by atomic mass is 35.5. The molecular weight excluding hydrogens is 1890 g/mol. The average Bonchev–Trinajstić information content (AvgIpc) is 1.57. The Balaban J connectivity index is 0.000000211. The van der Waals surface area contributed by atoms with E-state index in [0.29, 0.717) is 121 Å². The van der Waals surface area contributed by atoms with Gasteiger partial charge in [-0.15, -0.1) is 0 Å². The number of likely N-dealkylation sites (N-methyl/N-ethyl adjacent to an activating group) is 1. The lowest BCUT2D eigenvalue weighted by Crippen LogP contribution is -2.62. The van der Waals surface area contributed by atoms with Crippen LogP contribution in [0.4, 0.5) is 69.4 Å². The number of aliphatic hydroxyl groups excluding tert-OH is 1. The number of primary amides is 1. The Morgan fingerprint density at radius 3 is 1.14 bits per heavy atom. The van der Waals surface area contributed by atoms with Crippen molar-refractivity contribution in [2.45, 2.75) is 262 Å². The standard InChI is InChI=1S/C34H45ClN6O4S.C31H37ClN6O6S.C30H36ClN7O5S.3CH4/c1-20(2)45-28-14-22-19-41(23-16-33(5,6)40(9)34(7,8)17-23)31(42)24(22)15-27(28)38-32-36-18-25(35)30(39-32)37-26-12-10-11-13-29(26)46(43,44)21(3)4;1-18(2)44-26-16-22-21(29(40)38(30(22)41)20-9-11-37(12-10-20)13-14-39)15-25(26)35-31-33-17-23(32)28(36-31)34-24-7-5-6-8-27(24)45(42,43)19(3)4;1-16(2)43-25-10-18-14-38(19-11-24(27(32)39)37(5)15-19)29(40)20(18)12-23(25)35-30-33-13-21(31)28(36-30)34-22-8-6-7-9-26(22)44(41,42)17(3)4;;;/h10-15,18,20-21,23H,16-17,19H2,1-9H3,(H2,36,37,38,39);5-8,15-20,39H,9-14H2,1-4H3,(H2,33,34,35,36);6-10,12-13,16-17,19,24H,11,14-15H2,1-5H3,(H2,32,39)(H2,33,34,35,36);3*1H4/t;;19?,24-;;;/m..0.../s1. The Bertz CT molecular complexity index is 6370. The third-order valence-corrected chi connectivity index (χ3v) is 32.2. The Hall–Kier alpha value is -11.1. The number of rotatable bonds is 30. The van der Waals surface area contributed by atoms with Crippen LogP contribution in [0.2, 0.25) is 15.1 Å². The number of para-hydroxylation sites is 3. The summed E-state index contributed by atoms with van der Waals surface area (Å²) in [6.45, 7) is 33.5. The van der Waals surface area contributed by atoms with Gasteiger partial charge in [-0.3, -0.25) is 38.7 Å². The van der Waals surface area contributed by atoms with Crippen LogP contribution < -0.4 is 51.8 Å². The molecule has 34 nitrogen and oxygen atoms in total. The van der Waals surface area contributed by atoms with E-state index in [9.17, 15) is 54.3 Å². The first-order valence-electron chi connectivity index (χ1n) is 44.8. The van der Waals surface area contributed by atoms with Crippen LogP contribution in [0.5, 0.6) is 17.2 Å². The third-order valence-electron chi connectivity index (χ3n) is 24.7. The van der Waals surface area contributed by atoms with Crippen molar-refractivity contribution in [3.63, 3.8) is 0 Å². The topological polar surface area (TPSA) is 431 Å². The number of fused-ring (bicyclic) bond motifs is 3. The van der Waals surface area contributed by atoms with Gasteiger partial charge in [0, 0.05) is 79.6 Å². The lowest BCUT2D eigenvalue weighted by molar-refractivity contribution is -0.121. The van der Waals surface area contributed by atoms with Gasteiger partial charge in [-0.25, -0.2) is 40.2 Å². The molecule has 6 aliphatic rings. The Morgan fingerprint density at radius 1 is 0.471 bits per heavy atom. The number of hydrogen-bond donors (Lipinski definition) is 8. The molecular formula is C98H130Cl3N19O15S3. The van der Waals surface area contributed by atoms with Gasteiger partial charge < -0.3 is 71.7 Å². The van der Waals surface area contributed by atoms with Gasteiger partial charge in [0.2, 0.25) is 23.8 Å². The fraction of sp³-hybridized carbons (Fsp3) is 0.459. The van der Waals surface area contributed by atoms with E-state index >= 15 is 0 Å². The predicted molar refractivity (Wildman–Crippen MR) is 544 cm³/mol. The molecule has 138 heavy (non-hydrogen) atoms. The smallest absolute Gasteiger partial charge is 0.261 e. The van der Waals surface area contributed by atoms with E-state index in [0.717, 1.165) is 24.0 Å². The Kier molecular flexibility index (Phi) is 34.8. The summed E-state index contributed by atoms with van der Waals surface area (Å²) < 4.78 is 96.2. The number of aromatic nitrogens is 6. The molecule has 3 saturated heterocycles. The molecule has 3 fully saturated rings. The lowest BCUT2D eigenvalue weighted by atomic mass is 9.77. The van der Waals surface area contributed by atoms with E-state index in [1.165, 1.54) is 35.6 Å². The largest absolute Gasteiger partial charge is 0.489 e. The quantitative estimate of drug-likeness (QED) is 0.0194. The maximum atomic E-state index is 13.9. The number of likely N-dealkylation sites (tertiary alicyclic amines) is 3. The monoisotopic (exact) mass is 2010 g/mol. The summed E-state index contributed by atoms with van der Waals surface area (Å²) in [6, 6.07) is 29.4. The second kappa shape index (κ2) is 44.1. The molecule has 0 spiro atoms. The number of sulfone groups is 3. The normalized spacial score (nSPS) is 17.3. The number of carbonyl (C=O) groups excluding carboxylic acids is 5. The van der Waals surface area contributed by atoms with Crippen LogP contribution >= 0.6 is 34.8 Å². The van der Waals surface area contributed by atoms with Crippen LogP contribution in [0.15, 0.2) is 142 Å². The summed E-state index contributed by atoms with van der Waals surface area (Å²) in [5.74, 6) is 1.17. The van der Waals surface area contributed by atoms with Crippen LogP contribution in [0, 0.1) is 0 Å². The first-order chi connectivity index (χ1) is 63.6. The second-order valence-electron chi connectivity index (χ2n) is 37.2. The van der Waals surface area contributed by atoms with Crippen LogP contribution in [0.25, 0.3) is 0 Å². The average molecular weight is 2020 g/mol. The van der Waals surface area contributed by atoms with E-state index in [-0.39, 0.29) is 176 Å². The molecule has 0 bridgehead atoms. The number of anilines is 12. The zero-order valence-electron chi connectivity index (χ0n) is 78.8. The summed E-state index contributed by atoms with van der Waals surface area (Å²) >= 11 is 19.3. The molecule has 746 valence electrons. The number of piperidine rings is 2. The highest BCUT2D eigenvalue weighted by Crippen LogP contribution is 2.47. The first-order valence-corrected chi connectivity index (χ1v) is 50.6. The molecule has 15 rings (SSSR count). The zero-order valence-corrected chi connectivity index (χ0v) is 83.6.